The first kappa shape index (κ1) is 46.8. The van der Waals surface area contributed by atoms with Crippen molar-refractivity contribution in [1.82, 2.24) is 9.13 Å². The van der Waals surface area contributed by atoms with E-state index < -0.39 is 28.9 Å². The van der Waals surface area contributed by atoms with Crippen molar-refractivity contribution < 1.29 is 30.3 Å². The summed E-state index contributed by atoms with van der Waals surface area (Å²) in [5.41, 5.74) is 12.6. The van der Waals surface area contributed by atoms with Crippen molar-refractivity contribution in [1.29, 1.82) is 0 Å². The minimum atomic E-state index is -2.25. The summed E-state index contributed by atoms with van der Waals surface area (Å²) in [6, 6.07) is 50.7. The van der Waals surface area contributed by atoms with Crippen LogP contribution in [0.25, 0.3) is 87.4 Å². The monoisotopic (exact) mass is 1000 g/mol. The summed E-state index contributed by atoms with van der Waals surface area (Å²) in [7, 11) is 7.61. The van der Waals surface area contributed by atoms with E-state index in [2.05, 4.69) is 211 Å². The molecule has 0 saturated carbocycles. The molecule has 0 aliphatic rings. The van der Waals surface area contributed by atoms with E-state index in [0.29, 0.717) is 13.2 Å². The summed E-state index contributed by atoms with van der Waals surface area (Å²) in [6.07, 6.45) is 0. The van der Waals surface area contributed by atoms with Crippen LogP contribution in [0.5, 0.6) is 0 Å². The minimum absolute atomic E-state index is 0.168. The molecule has 10 rings (SSSR count). The molecule has 4 nitrogen and oxygen atoms in total. The van der Waals surface area contributed by atoms with Crippen LogP contribution in [-0.2, 0) is 43.4 Å². The van der Waals surface area contributed by atoms with E-state index in [0.717, 1.165) is 13.1 Å². The van der Waals surface area contributed by atoms with Gasteiger partial charge in [0, 0.05) is 64.8 Å². The van der Waals surface area contributed by atoms with Crippen LogP contribution < -0.4 is 10.4 Å². The van der Waals surface area contributed by atoms with Crippen molar-refractivity contribution in [2.45, 2.75) is 92.8 Å². The van der Waals surface area contributed by atoms with Crippen molar-refractivity contribution in [3.8, 4) is 22.3 Å². The Bertz CT molecular complexity index is 3190. The van der Waals surface area contributed by atoms with Gasteiger partial charge in [0.1, 0.15) is 0 Å². The Kier molecular flexibility index (Phi) is 13.0. The van der Waals surface area contributed by atoms with Gasteiger partial charge in [0.05, 0.1) is 24.4 Å². The Hall–Kier alpha value is -4.26. The van der Waals surface area contributed by atoms with E-state index in [4.69, 9.17) is 26.5 Å². The Morgan fingerprint density at radius 1 is 0.485 bits per heavy atom. The molecular weight excluding hydrogens is 947 g/mol. The average Bonchev–Trinajstić information content (AvgIpc) is 4.00. The molecule has 0 radical (unpaired) electrons. The molecule has 8 aromatic carbocycles. The average molecular weight is 1010 g/mol. The number of hydrogen-bond donors (Lipinski definition) is 0. The SMILES string of the molecule is Cc1cc2c(-c3ccc4c(c3)c3ccccc3n4CCOC(C)(C)C)cccc2[c-]1[Si](C)(C)[c-]1c(C)cc2c(-c3ccc4c(c3)c3ccccc3n4CCOC(C)(C)C)cccc21.[Cl][Zr+2][Cl]. The van der Waals surface area contributed by atoms with Crippen molar-refractivity contribution >= 4 is 101 Å². The van der Waals surface area contributed by atoms with Gasteiger partial charge in [0.2, 0.25) is 0 Å². The molecule has 8 heteroatoms. The number of aryl methyl sites for hydroxylation is 2. The van der Waals surface area contributed by atoms with Crippen LogP contribution in [0.4, 0.5) is 0 Å². The summed E-state index contributed by atoms with van der Waals surface area (Å²) < 4.78 is 17.2. The number of hydrogen-bond acceptors (Lipinski definition) is 2. The van der Waals surface area contributed by atoms with Gasteiger partial charge in [0.25, 0.3) is 0 Å². The standard InChI is InChI=1S/C58H60N2O2Si.2ClH.Zr/c1-37-33-47-41(39-25-27-53-49(35-39)43-17-11-13-23-51(43)59(53)29-31-61-57(3,4)5)19-15-21-45(47)55(37)63(9,10)56-38(2)34-48-42(20-16-22-46(48)56)40-26-28-54-50(36-40)44-18-12-14-24-52(44)60(54)30-32-62-58(6,7)8;;;/h11-28,33-36H,29-32H2,1-10H3;2*1H;/q-2;;;+4/p-2. The number of ether oxygens (including phenoxy) is 2. The molecule has 0 aliphatic heterocycles. The molecule has 0 aliphatic carbocycles. The molecule has 0 N–H and O–H groups in total. The summed E-state index contributed by atoms with van der Waals surface area (Å²) in [6.45, 7) is 25.6. The Morgan fingerprint density at radius 3 is 1.26 bits per heavy atom. The van der Waals surface area contributed by atoms with Gasteiger partial charge in [-0.15, -0.1) is 67.3 Å². The van der Waals surface area contributed by atoms with Gasteiger partial charge >= 0.3 is 37.9 Å². The zero-order valence-electron chi connectivity index (χ0n) is 40.0. The van der Waals surface area contributed by atoms with Crippen LogP contribution in [0.2, 0.25) is 13.1 Å². The fraction of sp³-hybridized carbons (Fsp3) is 0.276. The molecule has 0 atom stereocenters. The van der Waals surface area contributed by atoms with E-state index in [1.165, 1.54) is 98.5 Å². The zero-order valence-corrected chi connectivity index (χ0v) is 45.0. The molecule has 0 spiro atoms. The second-order valence-electron chi connectivity index (χ2n) is 20.4. The Morgan fingerprint density at radius 2 is 0.864 bits per heavy atom. The third-order valence-electron chi connectivity index (χ3n) is 13.4. The van der Waals surface area contributed by atoms with Gasteiger partial charge in [0.15, 0.2) is 0 Å². The summed E-state index contributed by atoms with van der Waals surface area (Å²) in [4.78, 5) is 0. The third-order valence-corrected chi connectivity index (χ3v) is 17.2. The molecule has 66 heavy (non-hydrogen) atoms. The van der Waals surface area contributed by atoms with Crippen LogP contribution in [0.1, 0.15) is 52.7 Å². The number of rotatable bonds is 10. The second-order valence-corrected chi connectivity index (χ2v) is 28.3. The molecule has 0 fully saturated rings. The molecule has 2 aromatic heterocycles. The molecule has 336 valence electrons. The molecule has 10 aromatic rings. The molecular formula is C58H60Cl2N2O2SiZr. The number of halogens is 2. The number of para-hydroxylation sites is 2. The molecule has 0 amide bonds. The van der Waals surface area contributed by atoms with Crippen molar-refractivity contribution in [2.24, 2.45) is 0 Å². The third kappa shape index (κ3) is 8.72. The predicted molar refractivity (Wildman–Crippen MR) is 285 cm³/mol. The van der Waals surface area contributed by atoms with Gasteiger partial charge in [-0.05, 0) is 89.1 Å². The first-order valence-corrected chi connectivity index (χ1v) is 32.5. The predicted octanol–water partition coefficient (Wildman–Crippen LogP) is 15.4. The summed E-state index contributed by atoms with van der Waals surface area (Å²) >= 11 is -0.826. The number of aromatic nitrogens is 2. The molecule has 0 unspecified atom stereocenters. The van der Waals surface area contributed by atoms with Crippen LogP contribution >= 0.6 is 17.0 Å². The van der Waals surface area contributed by atoms with Crippen LogP contribution in [0, 0.1) is 13.8 Å². The van der Waals surface area contributed by atoms with Crippen molar-refractivity contribution in [3.05, 3.63) is 145 Å². The van der Waals surface area contributed by atoms with Crippen molar-refractivity contribution in [2.75, 3.05) is 13.2 Å². The number of fused-ring (bicyclic) bond motifs is 8. The Labute approximate surface area is 409 Å². The van der Waals surface area contributed by atoms with Crippen LogP contribution in [-0.4, -0.2) is 41.6 Å². The van der Waals surface area contributed by atoms with Gasteiger partial charge in [-0.2, -0.15) is 12.1 Å². The molecule has 2 heterocycles. The number of benzene rings is 6. The zero-order chi connectivity index (χ0) is 46.7. The first-order valence-electron chi connectivity index (χ1n) is 23.2. The van der Waals surface area contributed by atoms with Gasteiger partial charge < -0.3 is 18.6 Å². The van der Waals surface area contributed by atoms with E-state index >= 15 is 0 Å². The van der Waals surface area contributed by atoms with Crippen molar-refractivity contribution in [3.63, 3.8) is 0 Å². The van der Waals surface area contributed by atoms with Gasteiger partial charge in [-0.3, -0.25) is 0 Å². The van der Waals surface area contributed by atoms with E-state index in [1.807, 2.05) is 0 Å². The first-order chi connectivity index (χ1) is 31.5. The van der Waals surface area contributed by atoms with Crippen LogP contribution in [0.3, 0.4) is 0 Å². The summed E-state index contributed by atoms with van der Waals surface area (Å²) in [5.74, 6) is 0. The second kappa shape index (κ2) is 18.3. The fourth-order valence-corrected chi connectivity index (χ4v) is 15.1. The maximum atomic E-state index is 6.19. The number of nitrogens with zero attached hydrogens (tertiary/aromatic N) is 2. The summed E-state index contributed by atoms with van der Waals surface area (Å²) in [5, 5.41) is 13.7. The van der Waals surface area contributed by atoms with Crippen LogP contribution in [0.15, 0.2) is 133 Å². The van der Waals surface area contributed by atoms with E-state index in [9.17, 15) is 0 Å². The topological polar surface area (TPSA) is 28.3 Å². The van der Waals surface area contributed by atoms with Gasteiger partial charge in [-0.1, -0.05) is 98.7 Å². The quantitative estimate of drug-likeness (QED) is 0.101. The van der Waals surface area contributed by atoms with E-state index in [1.54, 1.807) is 10.4 Å². The Balaban J connectivity index is 0.00000178. The molecule has 0 bridgehead atoms. The fourth-order valence-electron chi connectivity index (χ4n) is 11.0. The van der Waals surface area contributed by atoms with Gasteiger partial charge in [-0.25, -0.2) is 0 Å². The molecule has 0 saturated heterocycles. The van der Waals surface area contributed by atoms with E-state index in [-0.39, 0.29) is 11.2 Å². The normalized spacial score (nSPS) is 12.5. The maximum absolute atomic E-state index is 6.19.